The Bertz CT molecular complexity index is 345. The first kappa shape index (κ1) is 9.33. The first-order valence-corrected chi connectivity index (χ1v) is 5.09. The number of likely N-dealkylation sites (tertiary alicyclic amines) is 1. The van der Waals surface area contributed by atoms with Crippen molar-refractivity contribution in [3.8, 4) is 0 Å². The lowest BCUT2D eigenvalue weighted by Crippen LogP contribution is -2.67. The Balaban J connectivity index is 1.82. The van der Waals surface area contributed by atoms with Gasteiger partial charge < -0.3 is 19.5 Å². The molecule has 0 spiro atoms. The molecule has 0 bridgehead atoms. The van der Waals surface area contributed by atoms with E-state index in [0.29, 0.717) is 13.2 Å². The Hall–Kier alpha value is -0.910. The van der Waals surface area contributed by atoms with Gasteiger partial charge in [0.1, 0.15) is 6.73 Å². The monoisotopic (exact) mass is 211 g/mol. The van der Waals surface area contributed by atoms with Crippen LogP contribution in [0.5, 0.6) is 0 Å². The molecule has 2 atom stereocenters. The van der Waals surface area contributed by atoms with E-state index in [1.165, 1.54) is 4.90 Å². The van der Waals surface area contributed by atoms with Crippen molar-refractivity contribution in [3.05, 3.63) is 11.6 Å². The number of hydrogen-bond acceptors (Lipinski definition) is 4. The summed E-state index contributed by atoms with van der Waals surface area (Å²) < 4.78 is 11.0. The van der Waals surface area contributed by atoms with Crippen molar-refractivity contribution in [2.45, 2.75) is 18.8 Å². The molecule has 2 saturated heterocycles. The highest BCUT2D eigenvalue weighted by Crippen LogP contribution is 2.48. The molecular weight excluding hydrogens is 198 g/mol. The number of carbonyl (C=O) groups excluding carboxylic acids is 1. The van der Waals surface area contributed by atoms with Crippen LogP contribution in [0.3, 0.4) is 0 Å². The van der Waals surface area contributed by atoms with Crippen molar-refractivity contribution in [2.24, 2.45) is 5.92 Å². The summed E-state index contributed by atoms with van der Waals surface area (Å²) in [4.78, 5) is 13.0. The predicted molar refractivity (Wildman–Crippen MR) is 49.6 cm³/mol. The number of nitrogens with zero attached hydrogens (tertiary/aromatic N) is 1. The molecule has 2 unspecified atom stereocenters. The standard InChI is InChI=1S/C10H13NO4/c1-10(14-2-3-15-10)6-4-7-8(6)9(13)11(7)5-12/h4,7-8,12H,2-3,5H2,1H3. The molecule has 2 aliphatic heterocycles. The van der Waals surface area contributed by atoms with Crippen molar-refractivity contribution in [1.82, 2.24) is 4.90 Å². The number of fused-ring (bicyclic) bond motifs is 1. The summed E-state index contributed by atoms with van der Waals surface area (Å²) >= 11 is 0. The maximum absolute atomic E-state index is 11.6. The van der Waals surface area contributed by atoms with Gasteiger partial charge in [-0.05, 0) is 6.92 Å². The molecular formula is C10H13NO4. The summed E-state index contributed by atoms with van der Waals surface area (Å²) in [6.45, 7) is 2.78. The second-order valence-electron chi connectivity index (χ2n) is 4.18. The average Bonchev–Trinajstić information content (AvgIpc) is 2.59. The van der Waals surface area contributed by atoms with E-state index in [2.05, 4.69) is 0 Å². The van der Waals surface area contributed by atoms with E-state index in [1.54, 1.807) is 0 Å². The van der Waals surface area contributed by atoms with Crippen LogP contribution in [0.2, 0.25) is 0 Å². The minimum atomic E-state index is -0.710. The number of rotatable bonds is 2. The number of carbonyl (C=O) groups is 1. The summed E-state index contributed by atoms with van der Waals surface area (Å²) in [6, 6.07) is 0.0575. The largest absolute Gasteiger partial charge is 0.376 e. The zero-order valence-electron chi connectivity index (χ0n) is 8.47. The van der Waals surface area contributed by atoms with Gasteiger partial charge in [0.15, 0.2) is 5.79 Å². The average molecular weight is 211 g/mol. The summed E-state index contributed by atoms with van der Waals surface area (Å²) in [5, 5.41) is 8.91. The van der Waals surface area contributed by atoms with Crippen LogP contribution < -0.4 is 0 Å². The summed E-state index contributed by atoms with van der Waals surface area (Å²) in [7, 11) is 0. The van der Waals surface area contributed by atoms with Crippen molar-refractivity contribution >= 4 is 5.91 Å². The molecule has 2 fully saturated rings. The number of hydrogen-bond donors (Lipinski definition) is 1. The van der Waals surface area contributed by atoms with Gasteiger partial charge in [-0.15, -0.1) is 0 Å². The molecule has 1 amide bonds. The Morgan fingerprint density at radius 1 is 1.60 bits per heavy atom. The molecule has 2 heterocycles. The van der Waals surface area contributed by atoms with Crippen molar-refractivity contribution in [2.75, 3.05) is 19.9 Å². The Kier molecular flexibility index (Phi) is 1.75. The van der Waals surface area contributed by atoms with Gasteiger partial charge in [0.25, 0.3) is 0 Å². The molecule has 15 heavy (non-hydrogen) atoms. The third-order valence-corrected chi connectivity index (χ3v) is 3.45. The van der Waals surface area contributed by atoms with E-state index in [0.717, 1.165) is 5.57 Å². The van der Waals surface area contributed by atoms with Gasteiger partial charge in [0.05, 0.1) is 25.2 Å². The fourth-order valence-electron chi connectivity index (χ4n) is 2.52. The van der Waals surface area contributed by atoms with Crippen LogP contribution in [0.25, 0.3) is 0 Å². The van der Waals surface area contributed by atoms with Crippen LogP contribution in [0.15, 0.2) is 11.6 Å². The molecule has 3 aliphatic rings. The van der Waals surface area contributed by atoms with E-state index in [4.69, 9.17) is 14.6 Å². The lowest BCUT2D eigenvalue weighted by molar-refractivity contribution is -0.173. The normalized spacial score (nSPS) is 36.8. The van der Waals surface area contributed by atoms with Gasteiger partial charge in [-0.2, -0.15) is 0 Å². The molecule has 82 valence electrons. The van der Waals surface area contributed by atoms with Gasteiger partial charge in [-0.3, -0.25) is 4.79 Å². The summed E-state index contributed by atoms with van der Waals surface area (Å²) in [5.74, 6) is -0.862. The first-order chi connectivity index (χ1) is 7.17. The molecule has 0 aromatic carbocycles. The lowest BCUT2D eigenvalue weighted by Gasteiger charge is -2.54. The molecule has 5 heteroatoms. The van der Waals surface area contributed by atoms with Crippen LogP contribution in [0, 0.1) is 5.92 Å². The SMILES string of the molecule is CC1(C2=CC3C2C(=O)N3CO)OCCO1. The molecule has 0 radical (unpaired) electrons. The van der Waals surface area contributed by atoms with E-state index >= 15 is 0 Å². The Labute approximate surface area is 87.3 Å². The Morgan fingerprint density at radius 2 is 2.27 bits per heavy atom. The Morgan fingerprint density at radius 3 is 2.80 bits per heavy atom. The van der Waals surface area contributed by atoms with Gasteiger partial charge in [-0.1, -0.05) is 6.08 Å². The highest BCUT2D eigenvalue weighted by molar-refractivity contribution is 5.92. The van der Waals surface area contributed by atoms with Gasteiger partial charge in [0.2, 0.25) is 5.91 Å². The van der Waals surface area contributed by atoms with E-state index in [1.807, 2.05) is 13.0 Å². The zero-order valence-corrected chi connectivity index (χ0v) is 8.47. The molecule has 0 saturated carbocycles. The molecule has 0 aromatic heterocycles. The topological polar surface area (TPSA) is 59.0 Å². The van der Waals surface area contributed by atoms with Gasteiger partial charge in [-0.25, -0.2) is 0 Å². The summed E-state index contributed by atoms with van der Waals surface area (Å²) in [6.07, 6.45) is 1.95. The smallest absolute Gasteiger partial charge is 0.234 e. The molecule has 5 nitrogen and oxygen atoms in total. The van der Waals surface area contributed by atoms with Crippen LogP contribution in [0.4, 0.5) is 0 Å². The minimum Gasteiger partial charge on any atom is -0.376 e. The fourth-order valence-corrected chi connectivity index (χ4v) is 2.52. The highest BCUT2D eigenvalue weighted by atomic mass is 16.7. The summed E-state index contributed by atoms with van der Waals surface area (Å²) in [5.41, 5.74) is 0.916. The fraction of sp³-hybridized carbons (Fsp3) is 0.700. The molecule has 1 aliphatic carbocycles. The highest BCUT2D eigenvalue weighted by Gasteiger charge is 2.59. The van der Waals surface area contributed by atoms with Crippen molar-refractivity contribution < 1.29 is 19.4 Å². The van der Waals surface area contributed by atoms with Crippen molar-refractivity contribution in [1.29, 1.82) is 0 Å². The second-order valence-corrected chi connectivity index (χ2v) is 4.18. The number of ether oxygens (including phenoxy) is 2. The number of aliphatic hydroxyl groups is 1. The molecule has 1 N–H and O–H groups in total. The number of β-lactam (4-membered cyclic amide) rings is 1. The van der Waals surface area contributed by atoms with Crippen LogP contribution in [0.1, 0.15) is 6.92 Å². The van der Waals surface area contributed by atoms with Crippen molar-refractivity contribution in [3.63, 3.8) is 0 Å². The van der Waals surface area contributed by atoms with Gasteiger partial charge in [0, 0.05) is 5.57 Å². The van der Waals surface area contributed by atoms with Crippen LogP contribution in [-0.4, -0.2) is 47.7 Å². The second kappa shape index (κ2) is 2.81. The van der Waals surface area contributed by atoms with E-state index in [9.17, 15) is 4.79 Å². The third kappa shape index (κ3) is 1.00. The molecule has 3 rings (SSSR count). The van der Waals surface area contributed by atoms with Gasteiger partial charge >= 0.3 is 0 Å². The minimum absolute atomic E-state index is 0.0275. The first-order valence-electron chi connectivity index (χ1n) is 5.09. The number of amides is 1. The maximum atomic E-state index is 11.6. The van der Waals surface area contributed by atoms with E-state index < -0.39 is 5.79 Å². The maximum Gasteiger partial charge on any atom is 0.234 e. The molecule has 0 aromatic rings. The van der Waals surface area contributed by atoms with Crippen LogP contribution >= 0.6 is 0 Å². The quantitative estimate of drug-likeness (QED) is 0.492. The lowest BCUT2D eigenvalue weighted by atomic mass is 9.68. The zero-order chi connectivity index (χ0) is 10.6. The third-order valence-electron chi connectivity index (χ3n) is 3.45. The number of aliphatic hydroxyl groups excluding tert-OH is 1. The van der Waals surface area contributed by atoms with E-state index in [-0.39, 0.29) is 24.6 Å². The predicted octanol–water partition coefficient (Wildman–Crippen LogP) is -0.534. The van der Waals surface area contributed by atoms with Crippen LogP contribution in [-0.2, 0) is 14.3 Å².